The van der Waals surface area contributed by atoms with Crippen molar-refractivity contribution < 1.29 is 0 Å². The van der Waals surface area contributed by atoms with Gasteiger partial charge in [-0.2, -0.15) is 0 Å². The summed E-state index contributed by atoms with van der Waals surface area (Å²) >= 11 is 1.79. The fraction of sp³-hybridized carbons (Fsp3) is 0. The normalized spacial score (nSPS) is 11.8. The van der Waals surface area contributed by atoms with E-state index in [9.17, 15) is 0 Å². The minimum absolute atomic E-state index is 0.625. The number of fused-ring (bicyclic) bond motifs is 9. The molecule has 13 aromatic rings. The monoisotopic (exact) mass is 822 g/mol. The standard InChI is InChI=1S/C56H34N6S/c1-3-14-35(15-4-1)54-58-55(36-16-5-2-6-17-36)60-56(59-54)38-18-11-19-39(32-38)61-46-23-9-7-20-42(46)44-33-37(27-29-48(44)61)41-22-12-25-49-52(41)43-21-8-10-24-47(43)62(49)40-28-30-50-45(34-40)53-51(63-50)26-13-31-57-53/h1-34H. The van der Waals surface area contributed by atoms with Crippen LogP contribution in [0.2, 0.25) is 0 Å². The second-order valence-electron chi connectivity index (χ2n) is 15.9. The molecule has 0 saturated carbocycles. The highest BCUT2D eigenvalue weighted by molar-refractivity contribution is 7.25. The van der Waals surface area contributed by atoms with E-state index in [2.05, 4.69) is 143 Å². The molecule has 5 aromatic heterocycles. The Morgan fingerprint density at radius 1 is 0.349 bits per heavy atom. The summed E-state index contributed by atoms with van der Waals surface area (Å²) in [4.78, 5) is 19.8. The summed E-state index contributed by atoms with van der Waals surface area (Å²) in [7, 11) is 0. The van der Waals surface area contributed by atoms with Gasteiger partial charge in [-0.3, -0.25) is 4.98 Å². The average molecular weight is 823 g/mol. The second kappa shape index (κ2) is 14.2. The molecule has 0 saturated heterocycles. The number of hydrogen-bond acceptors (Lipinski definition) is 5. The molecule has 0 bridgehead atoms. The van der Waals surface area contributed by atoms with Crippen LogP contribution in [-0.2, 0) is 0 Å². The predicted molar refractivity (Wildman–Crippen MR) is 261 cm³/mol. The summed E-state index contributed by atoms with van der Waals surface area (Å²) < 4.78 is 7.22. The Labute approximate surface area is 365 Å². The Bertz CT molecular complexity index is 3860. The minimum atomic E-state index is 0.625. The van der Waals surface area contributed by atoms with Gasteiger partial charge in [0.1, 0.15) is 0 Å². The molecule has 8 aromatic carbocycles. The van der Waals surface area contributed by atoms with Gasteiger partial charge in [-0.25, -0.2) is 15.0 Å². The Hall–Kier alpha value is -8.26. The van der Waals surface area contributed by atoms with E-state index < -0.39 is 0 Å². The van der Waals surface area contributed by atoms with Crippen LogP contribution in [0.25, 0.3) is 121 Å². The van der Waals surface area contributed by atoms with Gasteiger partial charge in [-0.05, 0) is 83.9 Å². The van der Waals surface area contributed by atoms with Crippen LogP contribution in [0.4, 0.5) is 0 Å². The van der Waals surface area contributed by atoms with Crippen LogP contribution >= 0.6 is 11.3 Å². The van der Waals surface area contributed by atoms with Crippen LogP contribution in [0.15, 0.2) is 206 Å². The van der Waals surface area contributed by atoms with Crippen molar-refractivity contribution >= 4 is 75.3 Å². The number of benzene rings is 8. The Kier molecular flexibility index (Phi) is 7.98. The van der Waals surface area contributed by atoms with Crippen molar-refractivity contribution in [3.8, 4) is 56.7 Å². The third-order valence-corrected chi connectivity index (χ3v) is 13.3. The van der Waals surface area contributed by atoms with Crippen molar-refractivity contribution in [2.45, 2.75) is 0 Å². The number of aromatic nitrogens is 6. The maximum atomic E-state index is 5.05. The van der Waals surface area contributed by atoms with E-state index >= 15 is 0 Å². The van der Waals surface area contributed by atoms with E-state index in [4.69, 9.17) is 19.9 Å². The molecule has 0 radical (unpaired) electrons. The Morgan fingerprint density at radius 3 is 1.73 bits per heavy atom. The predicted octanol–water partition coefficient (Wildman–Crippen LogP) is 14.5. The smallest absolute Gasteiger partial charge is 0.164 e. The lowest BCUT2D eigenvalue weighted by Crippen LogP contribution is -2.01. The molecule has 0 aliphatic heterocycles. The van der Waals surface area contributed by atoms with Gasteiger partial charge in [0.2, 0.25) is 0 Å². The number of rotatable bonds is 6. The molecule has 5 heterocycles. The van der Waals surface area contributed by atoms with Crippen molar-refractivity contribution in [2.24, 2.45) is 0 Å². The topological polar surface area (TPSA) is 61.4 Å². The first-order valence-corrected chi connectivity index (χ1v) is 21.9. The minimum Gasteiger partial charge on any atom is -0.309 e. The lowest BCUT2D eigenvalue weighted by Gasteiger charge is -2.12. The summed E-state index contributed by atoms with van der Waals surface area (Å²) in [6.45, 7) is 0. The van der Waals surface area contributed by atoms with E-state index in [0.29, 0.717) is 17.5 Å². The summed E-state index contributed by atoms with van der Waals surface area (Å²) in [5.74, 6) is 1.91. The number of hydrogen-bond donors (Lipinski definition) is 0. The van der Waals surface area contributed by atoms with Crippen LogP contribution in [-0.4, -0.2) is 29.1 Å². The molecule has 294 valence electrons. The quantitative estimate of drug-likeness (QED) is 0.168. The summed E-state index contributed by atoms with van der Waals surface area (Å²) in [5.41, 5.74) is 13.0. The summed E-state index contributed by atoms with van der Waals surface area (Å²) in [6, 6.07) is 70.9. The largest absolute Gasteiger partial charge is 0.309 e. The molecule has 7 heteroatoms. The van der Waals surface area contributed by atoms with Crippen molar-refractivity contribution in [1.82, 2.24) is 29.1 Å². The zero-order chi connectivity index (χ0) is 41.4. The van der Waals surface area contributed by atoms with Gasteiger partial charge in [-0.1, -0.05) is 127 Å². The number of nitrogens with zero attached hydrogens (tertiary/aromatic N) is 6. The summed E-state index contributed by atoms with van der Waals surface area (Å²) in [6.07, 6.45) is 1.89. The number of thiophene rings is 1. The molecule has 6 nitrogen and oxygen atoms in total. The second-order valence-corrected chi connectivity index (χ2v) is 16.9. The van der Waals surface area contributed by atoms with Gasteiger partial charge in [0.25, 0.3) is 0 Å². The average Bonchev–Trinajstić information content (AvgIpc) is 4.02. The molecule has 63 heavy (non-hydrogen) atoms. The van der Waals surface area contributed by atoms with Crippen molar-refractivity contribution in [2.75, 3.05) is 0 Å². The van der Waals surface area contributed by atoms with Crippen molar-refractivity contribution in [1.29, 1.82) is 0 Å². The molecule has 0 amide bonds. The van der Waals surface area contributed by atoms with Crippen LogP contribution in [0, 0.1) is 0 Å². The molecule has 0 unspecified atom stereocenters. The lowest BCUT2D eigenvalue weighted by atomic mass is 9.98. The van der Waals surface area contributed by atoms with Gasteiger partial charge in [-0.15, -0.1) is 11.3 Å². The van der Waals surface area contributed by atoms with Crippen LogP contribution in [0.1, 0.15) is 0 Å². The van der Waals surface area contributed by atoms with E-state index in [-0.39, 0.29) is 0 Å². The highest BCUT2D eigenvalue weighted by Gasteiger charge is 2.20. The highest BCUT2D eigenvalue weighted by Crippen LogP contribution is 2.42. The van der Waals surface area contributed by atoms with Gasteiger partial charge in [0.05, 0.1) is 32.3 Å². The van der Waals surface area contributed by atoms with Crippen molar-refractivity contribution in [3.63, 3.8) is 0 Å². The van der Waals surface area contributed by atoms with Gasteiger partial charge < -0.3 is 9.13 Å². The first-order chi connectivity index (χ1) is 31.2. The lowest BCUT2D eigenvalue weighted by molar-refractivity contribution is 1.07. The maximum absolute atomic E-state index is 5.05. The van der Waals surface area contributed by atoms with E-state index in [0.717, 1.165) is 44.6 Å². The highest BCUT2D eigenvalue weighted by atomic mass is 32.1. The summed E-state index contributed by atoms with van der Waals surface area (Å²) in [5, 5.41) is 6.02. The molecule has 13 rings (SSSR count). The SMILES string of the molecule is c1ccc(-c2nc(-c3ccccc3)nc(-c3cccc(-n4c5ccccc5c5cc(-c6cccc7c6c6ccccc6n7-c6ccc7sc8cccnc8c7c6)ccc54)c3)n2)cc1. The first-order valence-electron chi connectivity index (χ1n) is 21.0. The van der Waals surface area contributed by atoms with Gasteiger partial charge >= 0.3 is 0 Å². The Balaban J connectivity index is 0.966. The third kappa shape index (κ3) is 5.71. The molecule has 0 aliphatic rings. The molecule has 0 atom stereocenters. The molecule has 0 fully saturated rings. The van der Waals surface area contributed by atoms with E-state index in [1.54, 1.807) is 11.3 Å². The van der Waals surface area contributed by atoms with E-state index in [1.807, 2.05) is 72.9 Å². The molecular formula is C56H34N6S. The van der Waals surface area contributed by atoms with Gasteiger partial charge in [0, 0.05) is 65.9 Å². The van der Waals surface area contributed by atoms with Crippen molar-refractivity contribution in [3.05, 3.63) is 206 Å². The van der Waals surface area contributed by atoms with Crippen LogP contribution < -0.4 is 0 Å². The molecular weight excluding hydrogens is 789 g/mol. The number of pyridine rings is 1. The number of para-hydroxylation sites is 2. The van der Waals surface area contributed by atoms with E-state index in [1.165, 1.54) is 58.5 Å². The molecule has 0 aliphatic carbocycles. The third-order valence-electron chi connectivity index (χ3n) is 12.2. The van der Waals surface area contributed by atoms with Crippen LogP contribution in [0.3, 0.4) is 0 Å². The molecule has 0 N–H and O–H groups in total. The van der Waals surface area contributed by atoms with Crippen LogP contribution in [0.5, 0.6) is 0 Å². The van der Waals surface area contributed by atoms with Gasteiger partial charge in [0.15, 0.2) is 17.5 Å². The zero-order valence-electron chi connectivity index (χ0n) is 33.7. The first kappa shape index (κ1) is 35.5. The fourth-order valence-electron chi connectivity index (χ4n) is 9.40. The fourth-order valence-corrected chi connectivity index (χ4v) is 10.4. The zero-order valence-corrected chi connectivity index (χ0v) is 34.5. The Morgan fingerprint density at radius 2 is 0.952 bits per heavy atom. The molecule has 0 spiro atoms. The maximum Gasteiger partial charge on any atom is 0.164 e.